The summed E-state index contributed by atoms with van der Waals surface area (Å²) in [5, 5.41) is 22.8. The first-order valence-corrected chi connectivity index (χ1v) is 5.04. The molecule has 2 atom stereocenters. The summed E-state index contributed by atoms with van der Waals surface area (Å²) in [5.74, 6) is -0.194. The Labute approximate surface area is 93.5 Å². The standard InChI is InChI=1S/C10H15N3O3/c1-7(6-8(2)14)12-9-4-3-5-11-10(9)13(15)16/h3-5,7-8,12,14H,6H2,1-2H3. The Morgan fingerprint density at radius 1 is 1.62 bits per heavy atom. The third-order valence-electron chi connectivity index (χ3n) is 2.06. The number of pyridine rings is 1. The molecule has 0 bridgehead atoms. The fourth-order valence-corrected chi connectivity index (χ4v) is 1.49. The van der Waals surface area contributed by atoms with Crippen molar-refractivity contribution in [2.24, 2.45) is 0 Å². The van der Waals surface area contributed by atoms with E-state index in [0.717, 1.165) is 0 Å². The van der Waals surface area contributed by atoms with E-state index in [1.54, 1.807) is 19.1 Å². The maximum atomic E-state index is 10.7. The number of rotatable bonds is 5. The number of aliphatic hydroxyl groups is 1. The Balaban J connectivity index is 2.76. The first-order chi connectivity index (χ1) is 7.50. The zero-order chi connectivity index (χ0) is 12.1. The number of hydrogen-bond acceptors (Lipinski definition) is 5. The van der Waals surface area contributed by atoms with Crippen molar-refractivity contribution in [1.29, 1.82) is 0 Å². The van der Waals surface area contributed by atoms with Gasteiger partial charge in [-0.3, -0.25) is 0 Å². The van der Waals surface area contributed by atoms with Crippen molar-refractivity contribution in [2.75, 3.05) is 5.32 Å². The van der Waals surface area contributed by atoms with Gasteiger partial charge < -0.3 is 20.5 Å². The molecule has 0 amide bonds. The SMILES string of the molecule is CC(O)CC(C)Nc1cccnc1[N+](=O)[O-]. The highest BCUT2D eigenvalue weighted by molar-refractivity contribution is 5.57. The van der Waals surface area contributed by atoms with Crippen LogP contribution in [0.4, 0.5) is 11.5 Å². The monoisotopic (exact) mass is 225 g/mol. The molecule has 6 heteroatoms. The van der Waals surface area contributed by atoms with Crippen molar-refractivity contribution in [1.82, 2.24) is 4.98 Å². The fourth-order valence-electron chi connectivity index (χ4n) is 1.49. The average Bonchev–Trinajstić information content (AvgIpc) is 2.16. The maximum absolute atomic E-state index is 10.7. The molecule has 0 aromatic carbocycles. The molecular weight excluding hydrogens is 210 g/mol. The van der Waals surface area contributed by atoms with Gasteiger partial charge in [-0.25, -0.2) is 0 Å². The second kappa shape index (κ2) is 5.41. The third-order valence-corrected chi connectivity index (χ3v) is 2.06. The summed E-state index contributed by atoms with van der Waals surface area (Å²) in [6.07, 6.45) is 1.45. The van der Waals surface area contributed by atoms with E-state index in [4.69, 9.17) is 0 Å². The van der Waals surface area contributed by atoms with E-state index < -0.39 is 11.0 Å². The number of nitrogens with zero attached hydrogens (tertiary/aromatic N) is 2. The Kier molecular flexibility index (Phi) is 4.19. The van der Waals surface area contributed by atoms with Crippen molar-refractivity contribution in [3.8, 4) is 0 Å². The molecule has 0 radical (unpaired) electrons. The predicted octanol–water partition coefficient (Wildman–Crippen LogP) is 1.56. The molecule has 0 aliphatic rings. The lowest BCUT2D eigenvalue weighted by molar-refractivity contribution is -0.388. The molecule has 16 heavy (non-hydrogen) atoms. The highest BCUT2D eigenvalue weighted by Crippen LogP contribution is 2.21. The van der Waals surface area contributed by atoms with Crippen LogP contribution in [0.1, 0.15) is 20.3 Å². The Morgan fingerprint density at radius 3 is 2.88 bits per heavy atom. The Morgan fingerprint density at radius 2 is 2.31 bits per heavy atom. The molecule has 6 nitrogen and oxygen atoms in total. The minimum Gasteiger partial charge on any atom is -0.393 e. The second-order valence-electron chi connectivity index (χ2n) is 3.76. The maximum Gasteiger partial charge on any atom is 0.386 e. The van der Waals surface area contributed by atoms with Crippen LogP contribution in [-0.2, 0) is 0 Å². The molecular formula is C10H15N3O3. The van der Waals surface area contributed by atoms with Crippen molar-refractivity contribution in [2.45, 2.75) is 32.4 Å². The highest BCUT2D eigenvalue weighted by atomic mass is 16.6. The Bertz CT molecular complexity index is 368. The summed E-state index contributed by atoms with van der Waals surface area (Å²) in [5.41, 5.74) is 0.376. The van der Waals surface area contributed by atoms with Gasteiger partial charge in [0.1, 0.15) is 11.9 Å². The Hall–Kier alpha value is -1.69. The van der Waals surface area contributed by atoms with Gasteiger partial charge in [0, 0.05) is 6.04 Å². The molecule has 0 saturated carbocycles. The quantitative estimate of drug-likeness (QED) is 0.586. The summed E-state index contributed by atoms with van der Waals surface area (Å²) >= 11 is 0. The smallest absolute Gasteiger partial charge is 0.386 e. The predicted molar refractivity (Wildman–Crippen MR) is 60.3 cm³/mol. The van der Waals surface area contributed by atoms with Gasteiger partial charge in [-0.05, 0) is 42.3 Å². The van der Waals surface area contributed by atoms with Gasteiger partial charge in [-0.2, -0.15) is 0 Å². The van der Waals surface area contributed by atoms with E-state index in [1.165, 1.54) is 6.20 Å². The summed E-state index contributed by atoms with van der Waals surface area (Å²) in [4.78, 5) is 13.8. The van der Waals surface area contributed by atoms with E-state index in [1.807, 2.05) is 6.92 Å². The molecule has 2 unspecified atom stereocenters. The summed E-state index contributed by atoms with van der Waals surface area (Å²) in [6.45, 7) is 3.53. The molecule has 1 heterocycles. The molecule has 0 aliphatic heterocycles. The van der Waals surface area contributed by atoms with E-state index >= 15 is 0 Å². The lowest BCUT2D eigenvalue weighted by Crippen LogP contribution is -2.21. The van der Waals surface area contributed by atoms with Crippen molar-refractivity contribution in [3.05, 3.63) is 28.4 Å². The van der Waals surface area contributed by atoms with Gasteiger partial charge in [0.15, 0.2) is 0 Å². The van der Waals surface area contributed by atoms with E-state index in [-0.39, 0.29) is 11.9 Å². The van der Waals surface area contributed by atoms with Crippen LogP contribution in [-0.4, -0.2) is 27.2 Å². The number of hydrogen-bond donors (Lipinski definition) is 2. The first kappa shape index (κ1) is 12.4. The summed E-state index contributed by atoms with van der Waals surface area (Å²) in [6, 6.07) is 3.18. The first-order valence-electron chi connectivity index (χ1n) is 5.04. The van der Waals surface area contributed by atoms with E-state index in [9.17, 15) is 15.2 Å². The van der Waals surface area contributed by atoms with Crippen molar-refractivity contribution in [3.63, 3.8) is 0 Å². The number of nitro groups is 1. The second-order valence-corrected chi connectivity index (χ2v) is 3.76. The molecule has 0 saturated heterocycles. The van der Waals surface area contributed by atoms with Crippen LogP contribution < -0.4 is 5.32 Å². The number of aliphatic hydroxyl groups excluding tert-OH is 1. The van der Waals surface area contributed by atoms with E-state index in [0.29, 0.717) is 12.1 Å². The summed E-state index contributed by atoms with van der Waals surface area (Å²) < 4.78 is 0. The van der Waals surface area contributed by atoms with Crippen LogP contribution in [0.2, 0.25) is 0 Å². The number of anilines is 1. The molecule has 0 spiro atoms. The zero-order valence-electron chi connectivity index (χ0n) is 9.25. The minimum atomic E-state index is -0.530. The lowest BCUT2D eigenvalue weighted by atomic mass is 10.1. The van der Waals surface area contributed by atoms with E-state index in [2.05, 4.69) is 10.3 Å². The number of nitrogens with one attached hydrogen (secondary N) is 1. The van der Waals surface area contributed by atoms with Crippen LogP contribution in [0.5, 0.6) is 0 Å². The van der Waals surface area contributed by atoms with Crippen LogP contribution >= 0.6 is 0 Å². The molecule has 0 fully saturated rings. The molecule has 1 rings (SSSR count). The van der Waals surface area contributed by atoms with Gasteiger partial charge in [-0.15, -0.1) is 0 Å². The fraction of sp³-hybridized carbons (Fsp3) is 0.500. The molecule has 1 aromatic heterocycles. The van der Waals surface area contributed by atoms with Crippen LogP contribution in [0.3, 0.4) is 0 Å². The highest BCUT2D eigenvalue weighted by Gasteiger charge is 2.16. The topological polar surface area (TPSA) is 88.3 Å². The van der Waals surface area contributed by atoms with Gasteiger partial charge in [0.25, 0.3) is 0 Å². The van der Waals surface area contributed by atoms with Crippen LogP contribution in [0, 0.1) is 10.1 Å². The summed E-state index contributed by atoms with van der Waals surface area (Å²) in [7, 11) is 0. The van der Waals surface area contributed by atoms with Gasteiger partial charge in [0.05, 0.1) is 6.10 Å². The third kappa shape index (κ3) is 3.47. The normalized spacial score (nSPS) is 14.2. The molecule has 2 N–H and O–H groups in total. The molecule has 1 aromatic rings. The van der Waals surface area contributed by atoms with Crippen LogP contribution in [0.25, 0.3) is 0 Å². The van der Waals surface area contributed by atoms with Crippen LogP contribution in [0.15, 0.2) is 18.3 Å². The lowest BCUT2D eigenvalue weighted by Gasteiger charge is -2.16. The molecule has 88 valence electrons. The minimum absolute atomic E-state index is 0.0529. The van der Waals surface area contributed by atoms with Gasteiger partial charge >= 0.3 is 5.82 Å². The molecule has 0 aliphatic carbocycles. The van der Waals surface area contributed by atoms with Gasteiger partial charge in [-0.1, -0.05) is 0 Å². The zero-order valence-corrected chi connectivity index (χ0v) is 9.25. The van der Waals surface area contributed by atoms with Crippen molar-refractivity contribution < 1.29 is 10.0 Å². The number of aromatic nitrogens is 1. The largest absolute Gasteiger partial charge is 0.393 e. The average molecular weight is 225 g/mol. The van der Waals surface area contributed by atoms with Gasteiger partial charge in [0.2, 0.25) is 0 Å². The van der Waals surface area contributed by atoms with Crippen molar-refractivity contribution >= 4 is 11.5 Å².